The summed E-state index contributed by atoms with van der Waals surface area (Å²) in [5.74, 6) is 0.730. The molecule has 27 heavy (non-hydrogen) atoms. The summed E-state index contributed by atoms with van der Waals surface area (Å²) in [6, 6.07) is 5.02. The molecule has 1 saturated heterocycles. The molecule has 1 heterocycles. The highest BCUT2D eigenvalue weighted by Crippen LogP contribution is 2.29. The lowest BCUT2D eigenvalue weighted by molar-refractivity contribution is -0.132. The van der Waals surface area contributed by atoms with Crippen LogP contribution in [-0.4, -0.2) is 53.8 Å². The average Bonchev–Trinajstić information content (AvgIpc) is 2.91. The molecule has 1 aromatic carbocycles. The van der Waals surface area contributed by atoms with Gasteiger partial charge in [-0.15, -0.1) is 6.58 Å². The molecule has 0 bridgehead atoms. The van der Waals surface area contributed by atoms with Gasteiger partial charge in [0, 0.05) is 0 Å². The molecule has 148 valence electrons. The third-order valence-corrected chi connectivity index (χ3v) is 4.89. The van der Waals surface area contributed by atoms with Crippen molar-refractivity contribution in [3.63, 3.8) is 0 Å². The van der Waals surface area contributed by atoms with Crippen molar-refractivity contribution in [1.82, 2.24) is 10.2 Å². The van der Waals surface area contributed by atoms with E-state index in [9.17, 15) is 14.7 Å². The van der Waals surface area contributed by atoms with Crippen molar-refractivity contribution in [2.24, 2.45) is 0 Å². The zero-order valence-corrected chi connectivity index (χ0v) is 16.2. The van der Waals surface area contributed by atoms with Gasteiger partial charge >= 0.3 is 6.03 Å². The number of hydrogen-bond donors (Lipinski definition) is 2. The van der Waals surface area contributed by atoms with Gasteiger partial charge < -0.3 is 19.9 Å². The Balaban J connectivity index is 1.98. The summed E-state index contributed by atoms with van der Waals surface area (Å²) < 4.78 is 11.0. The fraction of sp³-hybridized carbons (Fsp3) is 0.500. The molecule has 1 aliphatic heterocycles. The lowest BCUT2D eigenvalue weighted by atomic mass is 9.93. The van der Waals surface area contributed by atoms with Crippen LogP contribution >= 0.6 is 0 Å². The molecule has 1 aliphatic rings. The smallest absolute Gasteiger partial charge is 0.325 e. The first kappa shape index (κ1) is 20.8. The summed E-state index contributed by atoms with van der Waals surface area (Å²) in [6.07, 6.45) is 2.50. The number of allylic oxidation sites excluding steroid dienone is 1. The highest BCUT2D eigenvalue weighted by atomic mass is 16.5. The molecular weight excluding hydrogens is 348 g/mol. The molecule has 2 N–H and O–H groups in total. The molecule has 2 rings (SSSR count). The number of aliphatic hydroxyl groups excluding tert-OH is 1. The summed E-state index contributed by atoms with van der Waals surface area (Å²) in [5.41, 5.74) is 0.159. The number of urea groups is 1. The van der Waals surface area contributed by atoms with Crippen LogP contribution in [0, 0.1) is 0 Å². The van der Waals surface area contributed by atoms with Crippen molar-refractivity contribution in [2.45, 2.75) is 44.8 Å². The first-order valence-electron chi connectivity index (χ1n) is 9.13. The van der Waals surface area contributed by atoms with E-state index in [2.05, 4.69) is 11.9 Å². The van der Waals surface area contributed by atoms with Gasteiger partial charge in [-0.2, -0.15) is 0 Å². The maximum Gasteiger partial charge on any atom is 0.325 e. The first-order valence-corrected chi connectivity index (χ1v) is 9.13. The minimum absolute atomic E-state index is 0.0700. The zero-order valence-electron chi connectivity index (χ0n) is 16.2. The van der Waals surface area contributed by atoms with Crippen molar-refractivity contribution in [1.29, 1.82) is 0 Å². The number of carbonyl (C=O) groups excluding carboxylic acids is 2. The third kappa shape index (κ3) is 4.42. The third-order valence-electron chi connectivity index (χ3n) is 4.89. The number of amides is 3. The Hall–Kier alpha value is -2.54. The van der Waals surface area contributed by atoms with E-state index in [0.717, 1.165) is 10.5 Å². The maximum absolute atomic E-state index is 12.6. The van der Waals surface area contributed by atoms with Gasteiger partial charge in [0.05, 0.1) is 13.7 Å². The summed E-state index contributed by atoms with van der Waals surface area (Å²) in [5, 5.41) is 13.0. The SMILES string of the molecule is C=CCc1ccc(OCC(O)CN2C(=O)NC(CC)(CC)C2=O)c(OC)c1. The predicted molar refractivity (Wildman–Crippen MR) is 102 cm³/mol. The van der Waals surface area contributed by atoms with Gasteiger partial charge in [-0.3, -0.25) is 9.69 Å². The fourth-order valence-electron chi connectivity index (χ4n) is 3.15. The number of aliphatic hydroxyl groups is 1. The number of β-amino-alcohol motifs (C(OH)–C–C–N with tert-alkyl or cyclic N) is 1. The van der Waals surface area contributed by atoms with E-state index in [1.165, 1.54) is 0 Å². The fourth-order valence-corrected chi connectivity index (χ4v) is 3.15. The number of imide groups is 1. The van der Waals surface area contributed by atoms with E-state index in [1.807, 2.05) is 26.0 Å². The monoisotopic (exact) mass is 376 g/mol. The van der Waals surface area contributed by atoms with Gasteiger partial charge in [-0.05, 0) is 37.0 Å². The Bertz CT molecular complexity index is 700. The van der Waals surface area contributed by atoms with E-state index in [1.54, 1.807) is 19.3 Å². The first-order chi connectivity index (χ1) is 12.9. The second-order valence-electron chi connectivity index (χ2n) is 6.58. The molecule has 1 atom stereocenters. The average molecular weight is 376 g/mol. The normalized spacial score (nSPS) is 16.8. The molecule has 0 radical (unpaired) electrons. The predicted octanol–water partition coefficient (Wildman–Crippen LogP) is 2.27. The van der Waals surface area contributed by atoms with Crippen LogP contribution in [0.5, 0.6) is 11.5 Å². The molecule has 7 heteroatoms. The molecule has 3 amide bonds. The molecule has 0 aliphatic carbocycles. The van der Waals surface area contributed by atoms with Crippen LogP contribution in [0.1, 0.15) is 32.3 Å². The molecule has 0 aromatic heterocycles. The number of hydrogen-bond acceptors (Lipinski definition) is 5. The zero-order chi connectivity index (χ0) is 20.0. The van der Waals surface area contributed by atoms with Crippen LogP contribution in [0.15, 0.2) is 30.9 Å². The standard InChI is InChI=1S/C20H28N2O5/c1-5-8-14-9-10-16(17(11-14)26-4)27-13-15(23)12-22-18(24)20(6-2,7-3)21-19(22)25/h5,9-11,15,23H,1,6-8,12-13H2,2-4H3,(H,21,25). The van der Waals surface area contributed by atoms with Crippen LogP contribution in [0.2, 0.25) is 0 Å². The molecular formula is C20H28N2O5. The molecule has 0 saturated carbocycles. The summed E-state index contributed by atoms with van der Waals surface area (Å²) in [4.78, 5) is 25.8. The molecule has 1 unspecified atom stereocenters. The van der Waals surface area contributed by atoms with Gasteiger partial charge in [-0.25, -0.2) is 4.79 Å². The van der Waals surface area contributed by atoms with Crippen molar-refractivity contribution in [3.05, 3.63) is 36.4 Å². The molecule has 0 spiro atoms. The molecule has 1 aromatic rings. The second kappa shape index (κ2) is 8.90. The van der Waals surface area contributed by atoms with Crippen LogP contribution in [0.25, 0.3) is 0 Å². The van der Waals surface area contributed by atoms with Gasteiger partial charge in [0.1, 0.15) is 18.2 Å². The highest BCUT2D eigenvalue weighted by molar-refractivity contribution is 6.07. The second-order valence-corrected chi connectivity index (χ2v) is 6.58. The van der Waals surface area contributed by atoms with E-state index in [0.29, 0.717) is 30.8 Å². The summed E-state index contributed by atoms with van der Waals surface area (Å²) >= 11 is 0. The quantitative estimate of drug-likeness (QED) is 0.483. The molecule has 1 fully saturated rings. The topological polar surface area (TPSA) is 88.1 Å². The van der Waals surface area contributed by atoms with Crippen LogP contribution in [0.4, 0.5) is 4.79 Å². The van der Waals surface area contributed by atoms with Gasteiger partial charge in [0.25, 0.3) is 5.91 Å². The van der Waals surface area contributed by atoms with Crippen LogP contribution in [0.3, 0.4) is 0 Å². The maximum atomic E-state index is 12.6. The Morgan fingerprint density at radius 3 is 2.56 bits per heavy atom. The van der Waals surface area contributed by atoms with Crippen LogP contribution in [-0.2, 0) is 11.2 Å². The Labute approximate surface area is 159 Å². The number of ether oxygens (including phenoxy) is 2. The van der Waals surface area contributed by atoms with Crippen LogP contribution < -0.4 is 14.8 Å². The molecule has 7 nitrogen and oxygen atoms in total. The van der Waals surface area contributed by atoms with E-state index in [4.69, 9.17) is 9.47 Å². The van der Waals surface area contributed by atoms with Gasteiger partial charge in [0.2, 0.25) is 0 Å². The lowest BCUT2D eigenvalue weighted by Crippen LogP contribution is -2.46. The van der Waals surface area contributed by atoms with E-state index < -0.39 is 17.7 Å². The number of carbonyl (C=O) groups is 2. The highest BCUT2D eigenvalue weighted by Gasteiger charge is 2.48. The van der Waals surface area contributed by atoms with Crippen molar-refractivity contribution in [3.8, 4) is 11.5 Å². The summed E-state index contributed by atoms with van der Waals surface area (Å²) in [7, 11) is 1.54. The number of benzene rings is 1. The summed E-state index contributed by atoms with van der Waals surface area (Å²) in [6.45, 7) is 7.22. The number of nitrogens with zero attached hydrogens (tertiary/aromatic N) is 1. The Kier molecular flexibility index (Phi) is 6.85. The number of nitrogens with one attached hydrogen (secondary N) is 1. The van der Waals surface area contributed by atoms with Gasteiger partial charge in [0.15, 0.2) is 11.5 Å². The number of methoxy groups -OCH3 is 1. The number of rotatable bonds is 10. The van der Waals surface area contributed by atoms with Crippen molar-refractivity contribution < 1.29 is 24.2 Å². The van der Waals surface area contributed by atoms with Gasteiger partial charge in [-0.1, -0.05) is 26.0 Å². The lowest BCUT2D eigenvalue weighted by Gasteiger charge is -2.24. The largest absolute Gasteiger partial charge is 0.493 e. The van der Waals surface area contributed by atoms with Crippen molar-refractivity contribution >= 4 is 11.9 Å². The minimum Gasteiger partial charge on any atom is -0.493 e. The van der Waals surface area contributed by atoms with Crippen molar-refractivity contribution in [2.75, 3.05) is 20.3 Å². The Morgan fingerprint density at radius 1 is 1.30 bits per heavy atom. The van der Waals surface area contributed by atoms with E-state index >= 15 is 0 Å². The minimum atomic E-state index is -1.01. The van der Waals surface area contributed by atoms with E-state index in [-0.39, 0.29) is 19.1 Å². The Morgan fingerprint density at radius 2 is 2.00 bits per heavy atom.